The average molecular weight is 534 g/mol. The first-order chi connectivity index (χ1) is 18.0. The van der Waals surface area contributed by atoms with Crippen LogP contribution in [0.5, 0.6) is 0 Å². The van der Waals surface area contributed by atoms with Crippen LogP contribution in [0.25, 0.3) is 0 Å². The summed E-state index contributed by atoms with van der Waals surface area (Å²) in [5, 5.41) is 1.04. The number of carbonyl (C=O) groups is 1. The highest BCUT2D eigenvalue weighted by Gasteiger charge is 2.19. The number of rotatable bonds is 10. The average Bonchev–Trinajstić information content (AvgIpc) is 3.44. The van der Waals surface area contributed by atoms with Gasteiger partial charge in [-0.3, -0.25) is 4.79 Å². The van der Waals surface area contributed by atoms with Gasteiger partial charge in [-0.15, -0.1) is 0 Å². The van der Waals surface area contributed by atoms with Crippen molar-refractivity contribution in [2.75, 3.05) is 13.1 Å². The maximum absolute atomic E-state index is 12.7. The number of hydrogen-bond acceptors (Lipinski definition) is 2. The maximum Gasteiger partial charge on any atom is 0.280 e. The highest BCUT2D eigenvalue weighted by Crippen LogP contribution is 2.32. The SMILES string of the molecule is NC(=NC(=O)c1ccccc1)N(CCCc1cnc[nH]1)CCC(c1ccccc1)c1ccc(Cl)c(Cl)c1. The lowest BCUT2D eigenvalue weighted by molar-refractivity contribution is 0.100. The monoisotopic (exact) mass is 533 g/mol. The maximum atomic E-state index is 12.7. The minimum Gasteiger partial charge on any atom is -0.369 e. The molecule has 0 aliphatic carbocycles. The Morgan fingerprint density at radius 3 is 2.35 bits per heavy atom. The number of nitrogens with zero attached hydrogens (tertiary/aromatic N) is 3. The number of amides is 1. The van der Waals surface area contributed by atoms with Gasteiger partial charge in [-0.1, -0.05) is 77.8 Å². The fourth-order valence-corrected chi connectivity index (χ4v) is 4.57. The van der Waals surface area contributed by atoms with Crippen LogP contribution < -0.4 is 5.73 Å². The summed E-state index contributed by atoms with van der Waals surface area (Å²) in [6.07, 6.45) is 5.85. The molecule has 0 aliphatic heterocycles. The molecule has 8 heteroatoms. The first-order valence-electron chi connectivity index (χ1n) is 12.2. The number of H-pyrrole nitrogens is 1. The lowest BCUT2D eigenvalue weighted by Crippen LogP contribution is -2.40. The highest BCUT2D eigenvalue weighted by atomic mass is 35.5. The van der Waals surface area contributed by atoms with Gasteiger partial charge in [0.05, 0.1) is 16.4 Å². The Morgan fingerprint density at radius 2 is 1.68 bits per heavy atom. The summed E-state index contributed by atoms with van der Waals surface area (Å²) in [6, 6.07) is 24.9. The molecule has 1 amide bonds. The number of aromatic nitrogens is 2. The third kappa shape index (κ3) is 7.44. The van der Waals surface area contributed by atoms with E-state index in [0.29, 0.717) is 28.7 Å². The Morgan fingerprint density at radius 1 is 0.946 bits per heavy atom. The molecule has 4 rings (SSSR count). The zero-order chi connectivity index (χ0) is 26.0. The van der Waals surface area contributed by atoms with E-state index in [0.717, 1.165) is 36.1 Å². The second kappa shape index (κ2) is 13.1. The summed E-state index contributed by atoms with van der Waals surface area (Å²) in [7, 11) is 0. The van der Waals surface area contributed by atoms with Crippen LogP contribution in [0, 0.1) is 0 Å². The van der Waals surface area contributed by atoms with Gasteiger partial charge in [0, 0.05) is 36.5 Å². The molecule has 37 heavy (non-hydrogen) atoms. The molecule has 1 unspecified atom stereocenters. The Hall–Kier alpha value is -3.61. The largest absolute Gasteiger partial charge is 0.369 e. The van der Waals surface area contributed by atoms with E-state index in [1.165, 1.54) is 0 Å². The van der Waals surface area contributed by atoms with Gasteiger partial charge >= 0.3 is 0 Å². The highest BCUT2D eigenvalue weighted by molar-refractivity contribution is 6.42. The molecule has 1 aromatic heterocycles. The van der Waals surface area contributed by atoms with Gasteiger partial charge in [-0.05, 0) is 54.7 Å². The lowest BCUT2D eigenvalue weighted by Gasteiger charge is -2.27. The summed E-state index contributed by atoms with van der Waals surface area (Å²) < 4.78 is 0. The number of benzene rings is 3. The third-order valence-corrected chi connectivity index (χ3v) is 6.96. The van der Waals surface area contributed by atoms with Crippen molar-refractivity contribution in [1.29, 1.82) is 0 Å². The Balaban J connectivity index is 1.55. The summed E-state index contributed by atoms with van der Waals surface area (Å²) >= 11 is 12.6. The van der Waals surface area contributed by atoms with Crippen molar-refractivity contribution >= 4 is 35.1 Å². The van der Waals surface area contributed by atoms with E-state index < -0.39 is 0 Å². The number of aliphatic imine (C=N–C) groups is 1. The first-order valence-corrected chi connectivity index (χ1v) is 12.9. The van der Waals surface area contributed by atoms with Crippen LogP contribution in [0.3, 0.4) is 0 Å². The van der Waals surface area contributed by atoms with Crippen LogP contribution in [0.15, 0.2) is 96.4 Å². The number of hydrogen-bond donors (Lipinski definition) is 2. The fourth-order valence-electron chi connectivity index (χ4n) is 4.27. The second-order valence-corrected chi connectivity index (χ2v) is 9.55. The number of carbonyl (C=O) groups excluding carboxylic acids is 1. The van der Waals surface area contributed by atoms with Crippen molar-refractivity contribution in [3.63, 3.8) is 0 Å². The summed E-state index contributed by atoms with van der Waals surface area (Å²) in [5.41, 5.74) is 10.2. The molecule has 1 atom stereocenters. The van der Waals surface area contributed by atoms with Gasteiger partial charge in [-0.25, -0.2) is 4.98 Å². The van der Waals surface area contributed by atoms with Crippen LogP contribution in [-0.2, 0) is 6.42 Å². The molecule has 4 aromatic rings. The molecular weight excluding hydrogens is 505 g/mol. The van der Waals surface area contributed by atoms with Gasteiger partial charge in [-0.2, -0.15) is 4.99 Å². The van der Waals surface area contributed by atoms with Gasteiger partial charge in [0.25, 0.3) is 5.91 Å². The minimum absolute atomic E-state index is 0.0590. The molecule has 0 saturated heterocycles. The van der Waals surface area contributed by atoms with Crippen molar-refractivity contribution in [3.8, 4) is 0 Å². The Kier molecular flexibility index (Phi) is 9.35. The predicted molar refractivity (Wildman–Crippen MR) is 150 cm³/mol. The molecule has 3 N–H and O–H groups in total. The van der Waals surface area contributed by atoms with Gasteiger partial charge < -0.3 is 15.6 Å². The van der Waals surface area contributed by atoms with Crippen molar-refractivity contribution in [3.05, 3.63) is 124 Å². The van der Waals surface area contributed by atoms with E-state index in [-0.39, 0.29) is 17.8 Å². The number of aryl methyl sites for hydroxylation is 1. The molecule has 190 valence electrons. The zero-order valence-corrected chi connectivity index (χ0v) is 21.9. The number of aromatic amines is 1. The molecule has 6 nitrogen and oxygen atoms in total. The summed E-state index contributed by atoms with van der Waals surface area (Å²) in [5.74, 6) is -0.0936. The Bertz CT molecular complexity index is 1310. The smallest absolute Gasteiger partial charge is 0.280 e. The van der Waals surface area contributed by atoms with Gasteiger partial charge in [0.15, 0.2) is 5.96 Å². The van der Waals surface area contributed by atoms with Crippen molar-refractivity contribution < 1.29 is 4.79 Å². The first kappa shape index (κ1) is 26.5. The quantitative estimate of drug-likeness (QED) is 0.184. The topological polar surface area (TPSA) is 87.4 Å². The fraction of sp³-hybridized carbons (Fsp3) is 0.207. The van der Waals surface area contributed by atoms with E-state index in [4.69, 9.17) is 28.9 Å². The van der Waals surface area contributed by atoms with E-state index in [1.807, 2.05) is 65.7 Å². The molecule has 0 fully saturated rings. The van der Waals surface area contributed by atoms with E-state index in [2.05, 4.69) is 27.1 Å². The van der Waals surface area contributed by atoms with E-state index >= 15 is 0 Å². The predicted octanol–water partition coefficient (Wildman–Crippen LogP) is 6.33. The van der Waals surface area contributed by atoms with Crippen LogP contribution in [0.4, 0.5) is 0 Å². The van der Waals surface area contributed by atoms with Crippen LogP contribution in [0.2, 0.25) is 10.0 Å². The number of nitrogens with one attached hydrogen (secondary N) is 1. The van der Waals surface area contributed by atoms with Crippen molar-refractivity contribution in [2.45, 2.75) is 25.2 Å². The van der Waals surface area contributed by atoms with E-state index in [1.54, 1.807) is 18.5 Å². The third-order valence-electron chi connectivity index (χ3n) is 6.23. The zero-order valence-electron chi connectivity index (χ0n) is 20.4. The lowest BCUT2D eigenvalue weighted by atomic mass is 9.88. The van der Waals surface area contributed by atoms with Crippen molar-refractivity contribution in [2.24, 2.45) is 10.7 Å². The molecular formula is C29H29Cl2N5O. The van der Waals surface area contributed by atoms with Gasteiger partial charge in [0.2, 0.25) is 0 Å². The molecule has 3 aromatic carbocycles. The van der Waals surface area contributed by atoms with Crippen LogP contribution in [0.1, 0.15) is 45.9 Å². The molecule has 0 saturated carbocycles. The van der Waals surface area contributed by atoms with E-state index in [9.17, 15) is 4.79 Å². The normalized spacial score (nSPS) is 12.3. The van der Waals surface area contributed by atoms with Gasteiger partial charge in [0.1, 0.15) is 0 Å². The molecule has 0 radical (unpaired) electrons. The van der Waals surface area contributed by atoms with Crippen LogP contribution in [-0.4, -0.2) is 39.8 Å². The molecule has 0 spiro atoms. The Labute approximate surface area is 227 Å². The minimum atomic E-state index is -0.360. The number of nitrogens with two attached hydrogens (primary N) is 1. The second-order valence-electron chi connectivity index (χ2n) is 8.73. The number of halogens is 2. The molecule has 0 aliphatic rings. The molecule has 1 heterocycles. The van der Waals surface area contributed by atoms with Crippen LogP contribution >= 0.6 is 23.2 Å². The number of imidazole rings is 1. The summed E-state index contributed by atoms with van der Waals surface area (Å²) in [4.78, 5) is 26.2. The standard InChI is InChI=1S/C29H29Cl2N5O/c30-26-14-13-23(18-27(26)31)25(21-8-3-1-4-9-21)15-17-36(16-7-12-24-19-33-20-34-24)29(32)35-28(37)22-10-5-2-6-11-22/h1-6,8-11,13-14,18-20,25H,7,12,15-17H2,(H,33,34)(H2,32,35,37). The van der Waals surface area contributed by atoms with Crippen molar-refractivity contribution in [1.82, 2.24) is 14.9 Å². The summed E-state index contributed by atoms with van der Waals surface area (Å²) in [6.45, 7) is 1.24. The molecule has 0 bridgehead atoms. The number of guanidine groups is 1.